The summed E-state index contributed by atoms with van der Waals surface area (Å²) in [6.07, 6.45) is 1.01. The monoisotopic (exact) mass is 386 g/mol. The van der Waals surface area contributed by atoms with Crippen LogP contribution < -0.4 is 0 Å². The molecule has 0 aromatic heterocycles. The van der Waals surface area contributed by atoms with E-state index in [1.165, 1.54) is 18.2 Å². The fourth-order valence-corrected chi connectivity index (χ4v) is 2.94. The summed E-state index contributed by atoms with van der Waals surface area (Å²) >= 11 is 6.16. The fraction of sp³-hybridized carbons (Fsp3) is 0.579. The Balaban J connectivity index is 2.41. The van der Waals surface area contributed by atoms with Crippen LogP contribution in [0.4, 0.5) is 8.78 Å². The Morgan fingerprint density at radius 1 is 1.15 bits per heavy atom. The molecule has 1 aromatic carbocycles. The second-order valence-corrected chi connectivity index (χ2v) is 7.78. The molecule has 0 spiro atoms. The van der Waals surface area contributed by atoms with E-state index in [-0.39, 0.29) is 29.2 Å². The molecule has 1 aliphatic heterocycles. The van der Waals surface area contributed by atoms with Crippen LogP contribution in [0.2, 0.25) is 5.02 Å². The lowest BCUT2D eigenvalue weighted by Crippen LogP contribution is -2.41. The minimum atomic E-state index is -1.21. The van der Waals surface area contributed by atoms with Crippen LogP contribution in [0, 0.1) is 5.82 Å². The van der Waals surface area contributed by atoms with Crippen molar-refractivity contribution >= 4 is 24.3 Å². The molecule has 2 rings (SSSR count). The van der Waals surface area contributed by atoms with Gasteiger partial charge in [-0.05, 0) is 58.2 Å². The lowest BCUT2D eigenvalue weighted by atomic mass is 9.81. The van der Waals surface area contributed by atoms with E-state index in [9.17, 15) is 4.39 Å². The lowest BCUT2D eigenvalue weighted by molar-refractivity contribution is 0.00578. The first-order valence-electron chi connectivity index (χ1n) is 8.87. The molecule has 1 heterocycles. The first kappa shape index (κ1) is 21.4. The maximum absolute atomic E-state index is 15.4. The van der Waals surface area contributed by atoms with Gasteiger partial charge < -0.3 is 14.0 Å². The maximum atomic E-state index is 15.4. The molecule has 0 unspecified atom stereocenters. The van der Waals surface area contributed by atoms with Crippen molar-refractivity contribution in [1.29, 1.82) is 0 Å². The minimum absolute atomic E-state index is 0.0291. The van der Waals surface area contributed by atoms with E-state index in [4.69, 9.17) is 25.6 Å². The average molecular weight is 387 g/mol. The van der Waals surface area contributed by atoms with E-state index >= 15 is 4.39 Å². The largest absolute Gasteiger partial charge is 0.525 e. The third-order valence-electron chi connectivity index (χ3n) is 4.86. The van der Waals surface area contributed by atoms with Crippen LogP contribution in [0.5, 0.6) is 0 Å². The van der Waals surface area contributed by atoms with Gasteiger partial charge in [-0.15, -0.1) is 0 Å². The number of ether oxygens (including phenoxy) is 1. The van der Waals surface area contributed by atoms with E-state index in [0.717, 1.165) is 6.42 Å². The van der Waals surface area contributed by atoms with Gasteiger partial charge in [-0.3, -0.25) is 0 Å². The van der Waals surface area contributed by atoms with Crippen molar-refractivity contribution in [2.45, 2.75) is 58.7 Å². The summed E-state index contributed by atoms with van der Waals surface area (Å²) in [6, 6.07) is 4.27. The molecule has 3 nitrogen and oxygen atoms in total. The van der Waals surface area contributed by atoms with E-state index in [1.807, 2.05) is 34.6 Å². The summed E-state index contributed by atoms with van der Waals surface area (Å²) < 4.78 is 46.8. The summed E-state index contributed by atoms with van der Waals surface area (Å²) in [7, 11) is -1.21. The predicted molar refractivity (Wildman–Crippen MR) is 101 cm³/mol. The highest BCUT2D eigenvalue weighted by molar-refractivity contribution is 6.55. The van der Waals surface area contributed by atoms with Crippen molar-refractivity contribution < 1.29 is 22.8 Å². The summed E-state index contributed by atoms with van der Waals surface area (Å²) in [5.74, 6) is -0.588. The Kier molecular flexibility index (Phi) is 6.89. The third-order valence-corrected chi connectivity index (χ3v) is 5.17. The van der Waals surface area contributed by atoms with Crippen LogP contribution in [0.15, 0.2) is 23.9 Å². The predicted octanol–water partition coefficient (Wildman–Crippen LogP) is 5.61. The van der Waals surface area contributed by atoms with Crippen LogP contribution in [-0.2, 0) is 14.0 Å². The molecule has 144 valence electrons. The van der Waals surface area contributed by atoms with E-state index in [2.05, 4.69) is 0 Å². The maximum Gasteiger partial charge on any atom is 0.525 e. The molecule has 0 saturated carbocycles. The summed E-state index contributed by atoms with van der Waals surface area (Å²) in [4.78, 5) is 0. The molecule has 26 heavy (non-hydrogen) atoms. The fourth-order valence-electron chi connectivity index (χ4n) is 2.66. The summed E-state index contributed by atoms with van der Waals surface area (Å²) in [6.45, 7) is 10.1. The highest BCUT2D eigenvalue weighted by Gasteiger charge is 2.53. The Morgan fingerprint density at radius 3 is 2.31 bits per heavy atom. The molecule has 0 N–H and O–H groups in total. The summed E-state index contributed by atoms with van der Waals surface area (Å²) in [5, 5.41) is 0.141. The molecule has 0 bridgehead atoms. The zero-order valence-electron chi connectivity index (χ0n) is 16.0. The van der Waals surface area contributed by atoms with Crippen LogP contribution >= 0.6 is 11.6 Å². The Hall–Kier alpha value is -0.945. The zero-order valence-corrected chi connectivity index (χ0v) is 16.8. The smallest absolute Gasteiger partial charge is 0.398 e. The van der Waals surface area contributed by atoms with Gasteiger partial charge >= 0.3 is 7.12 Å². The zero-order chi connectivity index (χ0) is 19.5. The lowest BCUT2D eigenvalue weighted by Gasteiger charge is -2.32. The number of hydrogen-bond donors (Lipinski definition) is 0. The van der Waals surface area contributed by atoms with Crippen molar-refractivity contribution in [1.82, 2.24) is 0 Å². The Labute approximate surface area is 159 Å². The van der Waals surface area contributed by atoms with Gasteiger partial charge in [-0.2, -0.15) is 0 Å². The standard InChI is InChI=1S/C19H26BClF2O3/c1-6-11-24-12-10-13(16-14(21)8-7-9-15(16)22)17(23)20-25-18(2,3)19(4,5)26-20/h7-9H,6,10-12H2,1-5H3. The van der Waals surface area contributed by atoms with Gasteiger partial charge in [0.15, 0.2) is 0 Å². The Bertz CT molecular complexity index is 640. The molecule has 7 heteroatoms. The van der Waals surface area contributed by atoms with Gasteiger partial charge in [0.2, 0.25) is 0 Å². The summed E-state index contributed by atoms with van der Waals surface area (Å²) in [5.41, 5.74) is -1.92. The average Bonchev–Trinajstić information content (AvgIpc) is 2.76. The Morgan fingerprint density at radius 2 is 1.77 bits per heavy atom. The van der Waals surface area contributed by atoms with Crippen molar-refractivity contribution in [3.05, 3.63) is 40.3 Å². The van der Waals surface area contributed by atoms with Gasteiger partial charge in [-0.1, -0.05) is 24.6 Å². The van der Waals surface area contributed by atoms with Gasteiger partial charge in [0.25, 0.3) is 0 Å². The first-order valence-corrected chi connectivity index (χ1v) is 9.25. The van der Waals surface area contributed by atoms with Crippen LogP contribution in [-0.4, -0.2) is 31.5 Å². The second-order valence-electron chi connectivity index (χ2n) is 7.37. The van der Waals surface area contributed by atoms with Gasteiger partial charge in [0.05, 0.1) is 22.8 Å². The van der Waals surface area contributed by atoms with Gasteiger partial charge in [0.1, 0.15) is 11.5 Å². The highest BCUT2D eigenvalue weighted by atomic mass is 35.5. The molecule has 1 saturated heterocycles. The quantitative estimate of drug-likeness (QED) is 0.450. The molecule has 1 fully saturated rings. The van der Waals surface area contributed by atoms with Crippen molar-refractivity contribution in [3.63, 3.8) is 0 Å². The molecular formula is C19H26BClF2O3. The van der Waals surface area contributed by atoms with Crippen LogP contribution in [0.25, 0.3) is 5.57 Å². The number of hydrogen-bond acceptors (Lipinski definition) is 3. The third kappa shape index (κ3) is 4.48. The molecule has 0 amide bonds. The van der Waals surface area contributed by atoms with Gasteiger partial charge in [-0.25, -0.2) is 8.78 Å². The number of benzene rings is 1. The van der Waals surface area contributed by atoms with Crippen molar-refractivity contribution in [3.8, 4) is 0 Å². The molecule has 1 aromatic rings. The number of rotatable bonds is 7. The normalized spacial score (nSPS) is 19.6. The van der Waals surface area contributed by atoms with Crippen LogP contribution in [0.3, 0.4) is 0 Å². The molecule has 0 aliphatic carbocycles. The minimum Gasteiger partial charge on any atom is -0.398 e. The SMILES string of the molecule is CCCOCCC(=C(F)B1OC(C)(C)C(C)(C)O1)c1c(F)cccc1Cl. The van der Waals surface area contributed by atoms with Crippen molar-refractivity contribution in [2.75, 3.05) is 13.2 Å². The van der Waals surface area contributed by atoms with Gasteiger partial charge in [0, 0.05) is 12.2 Å². The number of halogens is 3. The van der Waals surface area contributed by atoms with Crippen LogP contribution in [0.1, 0.15) is 53.0 Å². The second kappa shape index (κ2) is 8.38. The van der Waals surface area contributed by atoms with E-state index in [1.54, 1.807) is 0 Å². The molecule has 0 radical (unpaired) electrons. The molecule has 0 atom stereocenters. The first-order chi connectivity index (χ1) is 12.1. The topological polar surface area (TPSA) is 27.7 Å². The highest BCUT2D eigenvalue weighted by Crippen LogP contribution is 2.41. The molecular weight excluding hydrogens is 360 g/mol. The van der Waals surface area contributed by atoms with E-state index < -0.39 is 29.9 Å². The van der Waals surface area contributed by atoms with Crippen molar-refractivity contribution in [2.24, 2.45) is 0 Å². The molecule has 1 aliphatic rings. The van der Waals surface area contributed by atoms with E-state index in [0.29, 0.717) is 6.61 Å².